The summed E-state index contributed by atoms with van der Waals surface area (Å²) < 4.78 is 11.8. The number of pyridine rings is 1. The molecule has 1 aliphatic rings. The van der Waals surface area contributed by atoms with E-state index < -0.39 is 0 Å². The van der Waals surface area contributed by atoms with Crippen LogP contribution < -0.4 is 4.90 Å². The van der Waals surface area contributed by atoms with Crippen molar-refractivity contribution < 1.29 is 9.31 Å². The summed E-state index contributed by atoms with van der Waals surface area (Å²) >= 11 is 0. The Bertz CT molecular complexity index is 479. The average molecular weight is 274 g/mol. The second-order valence-electron chi connectivity index (χ2n) is 6.32. The van der Waals surface area contributed by atoms with E-state index in [2.05, 4.69) is 4.98 Å². The Morgan fingerprint density at radius 2 is 1.70 bits per heavy atom. The maximum atomic E-state index is 5.90. The van der Waals surface area contributed by atoms with Crippen LogP contribution in [0.5, 0.6) is 0 Å². The van der Waals surface area contributed by atoms with Gasteiger partial charge >= 0.3 is 7.12 Å². The Hall–Kier alpha value is -1.33. The number of rotatable bonds is 3. The lowest BCUT2D eigenvalue weighted by atomic mass is 9.89. The quantitative estimate of drug-likeness (QED) is 0.794. The van der Waals surface area contributed by atoms with Crippen LogP contribution in [-0.2, 0) is 9.31 Å². The van der Waals surface area contributed by atoms with Crippen LogP contribution in [0.15, 0.2) is 24.3 Å². The number of aromatic nitrogens is 1. The number of hydrogen-bond donors (Lipinski definition) is 0. The molecule has 2 heterocycles. The van der Waals surface area contributed by atoms with Gasteiger partial charge in [-0.05, 0) is 45.9 Å². The van der Waals surface area contributed by atoms with E-state index in [0.717, 1.165) is 11.4 Å². The molecule has 0 bridgehead atoms. The third kappa shape index (κ3) is 3.05. The van der Waals surface area contributed by atoms with Crippen molar-refractivity contribution in [2.45, 2.75) is 38.9 Å². The molecule has 20 heavy (non-hydrogen) atoms. The standard InChI is InChI=1S/C15H23BN2O2/c1-14(2)15(3,4)20-16(19-14)10-9-12-7-8-13(11-17-12)18(5)6/h7-11H,1-6H3/b10-9+. The number of anilines is 1. The molecule has 1 fully saturated rings. The highest BCUT2D eigenvalue weighted by molar-refractivity contribution is 6.52. The van der Waals surface area contributed by atoms with E-state index in [1.54, 1.807) is 0 Å². The molecule has 0 atom stereocenters. The minimum absolute atomic E-state index is 0.301. The highest BCUT2D eigenvalue weighted by Gasteiger charge is 2.49. The van der Waals surface area contributed by atoms with Gasteiger partial charge in [-0.3, -0.25) is 4.98 Å². The Kier molecular flexibility index (Phi) is 3.94. The summed E-state index contributed by atoms with van der Waals surface area (Å²) in [4.78, 5) is 6.42. The fourth-order valence-corrected chi connectivity index (χ4v) is 1.90. The summed E-state index contributed by atoms with van der Waals surface area (Å²) in [6.07, 6.45) is 3.78. The molecule has 0 unspecified atom stereocenters. The van der Waals surface area contributed by atoms with Gasteiger partial charge in [0.05, 0.1) is 28.8 Å². The monoisotopic (exact) mass is 274 g/mol. The Labute approximate surface area is 121 Å². The van der Waals surface area contributed by atoms with E-state index in [1.165, 1.54) is 0 Å². The van der Waals surface area contributed by atoms with Crippen molar-refractivity contribution >= 4 is 18.9 Å². The second-order valence-corrected chi connectivity index (χ2v) is 6.32. The lowest BCUT2D eigenvalue weighted by Crippen LogP contribution is -2.41. The third-order valence-corrected chi connectivity index (χ3v) is 3.98. The molecule has 0 aliphatic carbocycles. The minimum atomic E-state index is -0.324. The fraction of sp³-hybridized carbons (Fsp3) is 0.533. The molecule has 108 valence electrons. The maximum absolute atomic E-state index is 5.90. The van der Waals surface area contributed by atoms with Crippen molar-refractivity contribution in [3.63, 3.8) is 0 Å². The lowest BCUT2D eigenvalue weighted by Gasteiger charge is -2.32. The van der Waals surface area contributed by atoms with Gasteiger partial charge in [0.1, 0.15) is 0 Å². The zero-order valence-corrected chi connectivity index (χ0v) is 13.2. The minimum Gasteiger partial charge on any atom is -0.400 e. The number of hydrogen-bond acceptors (Lipinski definition) is 4. The largest absolute Gasteiger partial charge is 0.487 e. The molecule has 0 N–H and O–H groups in total. The first-order valence-corrected chi connectivity index (χ1v) is 6.88. The molecule has 0 saturated carbocycles. The Morgan fingerprint density at radius 1 is 1.10 bits per heavy atom. The van der Waals surface area contributed by atoms with Crippen LogP contribution in [0.4, 0.5) is 5.69 Å². The molecular formula is C15H23BN2O2. The summed E-state index contributed by atoms with van der Waals surface area (Å²) in [5.74, 6) is 1.91. The molecule has 1 aliphatic heterocycles. The van der Waals surface area contributed by atoms with Gasteiger partial charge in [0.25, 0.3) is 0 Å². The van der Waals surface area contributed by atoms with Gasteiger partial charge in [0, 0.05) is 14.1 Å². The van der Waals surface area contributed by atoms with Crippen molar-refractivity contribution in [2.24, 2.45) is 0 Å². The first-order valence-electron chi connectivity index (χ1n) is 6.88. The van der Waals surface area contributed by atoms with Gasteiger partial charge in [-0.25, -0.2) is 0 Å². The molecule has 0 radical (unpaired) electrons. The van der Waals surface area contributed by atoms with Crippen molar-refractivity contribution in [3.8, 4) is 0 Å². The summed E-state index contributed by atoms with van der Waals surface area (Å²) in [6, 6.07) is 4.02. The van der Waals surface area contributed by atoms with Crippen LogP contribution in [0.25, 0.3) is 6.08 Å². The van der Waals surface area contributed by atoms with Crippen LogP contribution in [0, 0.1) is 0 Å². The predicted octanol–water partition coefficient (Wildman–Crippen LogP) is 2.79. The lowest BCUT2D eigenvalue weighted by molar-refractivity contribution is 0.00578. The summed E-state index contributed by atoms with van der Waals surface area (Å²) in [7, 11) is 3.67. The second kappa shape index (κ2) is 5.22. The normalized spacial score (nSPS) is 20.6. The van der Waals surface area contributed by atoms with Crippen molar-refractivity contribution in [1.82, 2.24) is 4.98 Å². The smallest absolute Gasteiger partial charge is 0.400 e. The van der Waals surface area contributed by atoms with Gasteiger partial charge in [-0.15, -0.1) is 0 Å². The van der Waals surface area contributed by atoms with E-state index in [1.807, 2.05) is 77.1 Å². The fourth-order valence-electron chi connectivity index (χ4n) is 1.90. The molecular weight excluding hydrogens is 251 g/mol. The Balaban J connectivity index is 2.04. The van der Waals surface area contributed by atoms with Crippen LogP contribution in [0.3, 0.4) is 0 Å². The zero-order valence-electron chi connectivity index (χ0n) is 13.2. The first kappa shape index (κ1) is 15.1. The molecule has 0 spiro atoms. The van der Waals surface area contributed by atoms with Gasteiger partial charge in [-0.1, -0.05) is 5.98 Å². The predicted molar refractivity (Wildman–Crippen MR) is 83.7 cm³/mol. The highest BCUT2D eigenvalue weighted by atomic mass is 16.7. The van der Waals surface area contributed by atoms with Crippen LogP contribution >= 0.6 is 0 Å². The molecule has 0 amide bonds. The van der Waals surface area contributed by atoms with E-state index in [-0.39, 0.29) is 18.3 Å². The molecule has 1 saturated heterocycles. The van der Waals surface area contributed by atoms with E-state index in [4.69, 9.17) is 9.31 Å². The zero-order chi connectivity index (χ0) is 15.0. The molecule has 1 aromatic heterocycles. The van der Waals surface area contributed by atoms with Gasteiger partial charge < -0.3 is 14.2 Å². The van der Waals surface area contributed by atoms with E-state index in [0.29, 0.717) is 0 Å². The van der Waals surface area contributed by atoms with Gasteiger partial charge in [0.15, 0.2) is 0 Å². The van der Waals surface area contributed by atoms with Crippen molar-refractivity contribution in [3.05, 3.63) is 30.0 Å². The van der Waals surface area contributed by atoms with Crippen LogP contribution in [0.1, 0.15) is 33.4 Å². The molecule has 0 aromatic carbocycles. The first-order chi connectivity index (χ1) is 9.21. The molecule has 1 aromatic rings. The summed E-state index contributed by atoms with van der Waals surface area (Å²) in [5.41, 5.74) is 1.37. The average Bonchev–Trinajstić information content (AvgIpc) is 2.56. The van der Waals surface area contributed by atoms with Crippen LogP contribution in [-0.4, -0.2) is 37.4 Å². The van der Waals surface area contributed by atoms with Crippen LogP contribution in [0.2, 0.25) is 0 Å². The summed E-state index contributed by atoms with van der Waals surface area (Å²) in [5, 5.41) is 0. The van der Waals surface area contributed by atoms with Gasteiger partial charge in [-0.2, -0.15) is 0 Å². The molecule has 4 nitrogen and oxygen atoms in total. The maximum Gasteiger partial charge on any atom is 0.487 e. The molecule has 2 rings (SSSR count). The number of nitrogens with zero attached hydrogens (tertiary/aromatic N) is 2. The molecule has 5 heteroatoms. The van der Waals surface area contributed by atoms with E-state index >= 15 is 0 Å². The van der Waals surface area contributed by atoms with Gasteiger partial charge in [0.2, 0.25) is 0 Å². The highest BCUT2D eigenvalue weighted by Crippen LogP contribution is 2.36. The van der Waals surface area contributed by atoms with E-state index in [9.17, 15) is 0 Å². The SMILES string of the molecule is CN(C)c1ccc(/C=C/B2OC(C)(C)C(C)(C)O2)nc1. The van der Waals surface area contributed by atoms with Crippen molar-refractivity contribution in [2.75, 3.05) is 19.0 Å². The Morgan fingerprint density at radius 3 is 2.15 bits per heavy atom. The van der Waals surface area contributed by atoms with Crippen molar-refractivity contribution in [1.29, 1.82) is 0 Å². The summed E-state index contributed by atoms with van der Waals surface area (Å²) in [6.45, 7) is 8.19. The third-order valence-electron chi connectivity index (χ3n) is 3.98. The topological polar surface area (TPSA) is 34.6 Å².